The standard InChI is InChI=1S/C34H46N4O9/c1-33(2,3)46-30(42)36-19-27(38-32(44)47-34(4,5)6)28(39)35-18-12-11-17-26(29(40)41)37-31(43)45-20-25-23-15-9-7-13-21(23)22-14-8-10-16-24(22)25/h7-10,13-16,25-27H,11-12,17-20H2,1-6H3,(H,35,39)(H,36,42)(H,37,43)(H,38,44)(H,40,41)/t26-,27?/m0/s1. The minimum atomic E-state index is -1.21. The van der Waals surface area contributed by atoms with E-state index in [1.165, 1.54) is 0 Å². The number of hydrogen-bond donors (Lipinski definition) is 5. The highest BCUT2D eigenvalue weighted by atomic mass is 16.6. The molecule has 2 aromatic rings. The van der Waals surface area contributed by atoms with Crippen LogP contribution in [0.4, 0.5) is 14.4 Å². The van der Waals surface area contributed by atoms with E-state index in [1.54, 1.807) is 41.5 Å². The molecule has 13 heteroatoms. The second kappa shape index (κ2) is 16.1. The third-order valence-electron chi connectivity index (χ3n) is 7.01. The van der Waals surface area contributed by atoms with Crippen molar-refractivity contribution in [1.29, 1.82) is 0 Å². The summed E-state index contributed by atoms with van der Waals surface area (Å²) in [5.74, 6) is -1.95. The first-order chi connectivity index (χ1) is 22.0. The fourth-order valence-electron chi connectivity index (χ4n) is 5.01. The van der Waals surface area contributed by atoms with Crippen LogP contribution < -0.4 is 21.3 Å². The van der Waals surface area contributed by atoms with Gasteiger partial charge in [-0.3, -0.25) is 4.79 Å². The number of alkyl carbamates (subject to hydrolysis) is 3. The maximum atomic E-state index is 12.9. The Morgan fingerprint density at radius 3 is 1.81 bits per heavy atom. The summed E-state index contributed by atoms with van der Waals surface area (Å²) >= 11 is 0. The van der Waals surface area contributed by atoms with Crippen LogP contribution >= 0.6 is 0 Å². The van der Waals surface area contributed by atoms with Gasteiger partial charge in [-0.25, -0.2) is 19.2 Å². The van der Waals surface area contributed by atoms with Crippen LogP contribution in [0.25, 0.3) is 11.1 Å². The quantitative estimate of drug-likeness (QED) is 0.151. The predicted molar refractivity (Wildman–Crippen MR) is 174 cm³/mol. The Hall–Kier alpha value is -4.81. The minimum absolute atomic E-state index is 0.0551. The Labute approximate surface area is 275 Å². The third kappa shape index (κ3) is 11.8. The molecule has 0 radical (unpaired) electrons. The van der Waals surface area contributed by atoms with Crippen molar-refractivity contribution in [3.05, 3.63) is 59.7 Å². The van der Waals surface area contributed by atoms with E-state index in [4.69, 9.17) is 14.2 Å². The number of fused-ring (bicyclic) bond motifs is 3. The molecule has 0 saturated carbocycles. The van der Waals surface area contributed by atoms with Gasteiger partial charge in [0, 0.05) is 12.5 Å². The zero-order valence-electron chi connectivity index (χ0n) is 27.8. The molecular formula is C34H46N4O9. The van der Waals surface area contributed by atoms with Crippen LogP contribution in [0.15, 0.2) is 48.5 Å². The number of carbonyl (C=O) groups excluding carboxylic acids is 4. The van der Waals surface area contributed by atoms with Gasteiger partial charge in [0.2, 0.25) is 5.91 Å². The van der Waals surface area contributed by atoms with Crippen molar-refractivity contribution < 1.29 is 43.3 Å². The van der Waals surface area contributed by atoms with Crippen LogP contribution in [0.2, 0.25) is 0 Å². The van der Waals surface area contributed by atoms with Gasteiger partial charge in [-0.05, 0) is 83.1 Å². The second-order valence-electron chi connectivity index (χ2n) is 13.2. The summed E-state index contributed by atoms with van der Waals surface area (Å²) in [5, 5.41) is 19.7. The summed E-state index contributed by atoms with van der Waals surface area (Å²) in [4.78, 5) is 61.8. The number of ether oxygens (including phenoxy) is 3. The topological polar surface area (TPSA) is 181 Å². The zero-order valence-corrected chi connectivity index (χ0v) is 27.8. The molecule has 0 aliphatic heterocycles. The molecule has 0 aromatic heterocycles. The van der Waals surface area contributed by atoms with Gasteiger partial charge in [-0.2, -0.15) is 0 Å². The second-order valence-corrected chi connectivity index (χ2v) is 13.2. The van der Waals surface area contributed by atoms with Crippen molar-refractivity contribution in [3.8, 4) is 11.1 Å². The molecular weight excluding hydrogens is 608 g/mol. The van der Waals surface area contributed by atoms with Crippen molar-refractivity contribution in [3.63, 3.8) is 0 Å². The maximum Gasteiger partial charge on any atom is 0.408 e. The van der Waals surface area contributed by atoms with E-state index in [-0.39, 0.29) is 32.0 Å². The minimum Gasteiger partial charge on any atom is -0.480 e. The molecule has 1 unspecified atom stereocenters. The van der Waals surface area contributed by atoms with Gasteiger partial charge in [0.25, 0.3) is 0 Å². The number of carbonyl (C=O) groups is 5. The van der Waals surface area contributed by atoms with Crippen molar-refractivity contribution in [1.82, 2.24) is 21.3 Å². The number of carboxylic acids is 1. The summed E-state index contributed by atoms with van der Waals surface area (Å²) in [6, 6.07) is 13.4. The molecule has 0 bridgehead atoms. The summed E-state index contributed by atoms with van der Waals surface area (Å²) < 4.78 is 15.9. The SMILES string of the molecule is CC(C)(C)OC(=O)NCC(NC(=O)OC(C)(C)C)C(=O)NCCCC[C@H](NC(=O)OCC1c2ccccc2-c2ccccc21)C(=O)O. The number of rotatable bonds is 13. The smallest absolute Gasteiger partial charge is 0.408 e. The molecule has 256 valence electrons. The van der Waals surface area contributed by atoms with Crippen LogP contribution in [0.1, 0.15) is 77.8 Å². The molecule has 4 amide bonds. The van der Waals surface area contributed by atoms with Crippen LogP contribution in [0.3, 0.4) is 0 Å². The van der Waals surface area contributed by atoms with Crippen LogP contribution in [0.5, 0.6) is 0 Å². The molecule has 0 saturated heterocycles. The van der Waals surface area contributed by atoms with Crippen molar-refractivity contribution in [2.75, 3.05) is 19.7 Å². The maximum absolute atomic E-state index is 12.9. The van der Waals surface area contributed by atoms with E-state index >= 15 is 0 Å². The van der Waals surface area contributed by atoms with Crippen molar-refractivity contribution >= 4 is 30.2 Å². The number of benzene rings is 2. The molecule has 5 N–H and O–H groups in total. The number of unbranched alkanes of at least 4 members (excludes halogenated alkanes) is 1. The molecule has 2 aromatic carbocycles. The molecule has 0 heterocycles. The van der Waals surface area contributed by atoms with Crippen LogP contribution in [-0.4, -0.2) is 78.2 Å². The highest BCUT2D eigenvalue weighted by Crippen LogP contribution is 2.44. The lowest BCUT2D eigenvalue weighted by atomic mass is 9.98. The predicted octanol–water partition coefficient (Wildman–Crippen LogP) is 4.68. The van der Waals surface area contributed by atoms with Gasteiger partial charge in [-0.15, -0.1) is 0 Å². The number of hydrogen-bond acceptors (Lipinski definition) is 8. The zero-order chi connectivity index (χ0) is 34.8. The molecule has 47 heavy (non-hydrogen) atoms. The molecule has 0 fully saturated rings. The largest absolute Gasteiger partial charge is 0.480 e. The first-order valence-corrected chi connectivity index (χ1v) is 15.6. The summed E-state index contributed by atoms with van der Waals surface area (Å²) in [6.07, 6.45) is -1.62. The van der Waals surface area contributed by atoms with Gasteiger partial charge in [0.15, 0.2) is 0 Å². The average molecular weight is 655 g/mol. The van der Waals surface area contributed by atoms with Crippen LogP contribution in [-0.2, 0) is 23.8 Å². The number of amides is 4. The van der Waals surface area contributed by atoms with Crippen LogP contribution in [0, 0.1) is 0 Å². The molecule has 3 rings (SSSR count). The normalized spacial score (nSPS) is 13.7. The molecule has 2 atom stereocenters. The van der Waals surface area contributed by atoms with Crippen molar-refractivity contribution in [2.45, 2.75) is 90.0 Å². The van der Waals surface area contributed by atoms with Gasteiger partial charge >= 0.3 is 24.2 Å². The molecule has 0 spiro atoms. The third-order valence-corrected chi connectivity index (χ3v) is 7.01. The average Bonchev–Trinajstić information content (AvgIpc) is 3.29. The van der Waals surface area contributed by atoms with E-state index in [1.807, 2.05) is 48.5 Å². The Kier molecular flexibility index (Phi) is 12.6. The molecule has 1 aliphatic carbocycles. The van der Waals surface area contributed by atoms with E-state index in [0.717, 1.165) is 22.3 Å². The highest BCUT2D eigenvalue weighted by molar-refractivity contribution is 5.86. The van der Waals surface area contributed by atoms with E-state index < -0.39 is 53.4 Å². The number of carboxylic acid groups (broad SMARTS) is 1. The lowest BCUT2D eigenvalue weighted by Crippen LogP contribution is -2.54. The molecule has 1 aliphatic rings. The Bertz CT molecular complexity index is 1390. The monoisotopic (exact) mass is 654 g/mol. The fraction of sp³-hybridized carbons (Fsp3) is 0.500. The lowest BCUT2D eigenvalue weighted by molar-refractivity contribution is -0.139. The van der Waals surface area contributed by atoms with Gasteiger partial charge in [-0.1, -0.05) is 48.5 Å². The summed E-state index contributed by atoms with van der Waals surface area (Å²) in [6.45, 7) is 10.0. The Morgan fingerprint density at radius 2 is 1.26 bits per heavy atom. The van der Waals surface area contributed by atoms with Crippen molar-refractivity contribution in [2.24, 2.45) is 0 Å². The first kappa shape index (κ1) is 36.7. The number of aliphatic carboxylic acids is 1. The van der Waals surface area contributed by atoms with Gasteiger partial charge < -0.3 is 40.6 Å². The Morgan fingerprint density at radius 1 is 0.723 bits per heavy atom. The summed E-state index contributed by atoms with van der Waals surface area (Å²) in [7, 11) is 0. The summed E-state index contributed by atoms with van der Waals surface area (Å²) in [5.41, 5.74) is 2.69. The Balaban J connectivity index is 1.46. The molecule has 13 nitrogen and oxygen atoms in total. The van der Waals surface area contributed by atoms with E-state index in [0.29, 0.717) is 12.8 Å². The lowest BCUT2D eigenvalue weighted by Gasteiger charge is -2.24. The van der Waals surface area contributed by atoms with E-state index in [9.17, 15) is 29.1 Å². The number of nitrogens with one attached hydrogen (secondary N) is 4. The first-order valence-electron chi connectivity index (χ1n) is 15.6. The van der Waals surface area contributed by atoms with Gasteiger partial charge in [0.05, 0.1) is 6.54 Å². The highest BCUT2D eigenvalue weighted by Gasteiger charge is 2.30. The van der Waals surface area contributed by atoms with Gasteiger partial charge in [0.1, 0.15) is 29.9 Å². The van der Waals surface area contributed by atoms with E-state index in [2.05, 4.69) is 21.3 Å². The fourth-order valence-corrected chi connectivity index (χ4v) is 5.01.